The van der Waals surface area contributed by atoms with Crippen molar-refractivity contribution < 1.29 is 24.6 Å². The van der Waals surface area contributed by atoms with Crippen LogP contribution in [0.5, 0.6) is 11.8 Å². The van der Waals surface area contributed by atoms with Gasteiger partial charge >= 0.3 is 5.97 Å². The summed E-state index contributed by atoms with van der Waals surface area (Å²) < 4.78 is 5.90. The maximum absolute atomic E-state index is 11.7. The van der Waals surface area contributed by atoms with E-state index >= 15 is 0 Å². The summed E-state index contributed by atoms with van der Waals surface area (Å²) in [4.78, 5) is 16.4. The molecule has 0 spiro atoms. The molecule has 0 amide bonds. The van der Waals surface area contributed by atoms with E-state index in [9.17, 15) is 15.0 Å². The highest BCUT2D eigenvalue weighted by atomic mass is 16.7. The highest BCUT2D eigenvalue weighted by molar-refractivity contribution is 5.76. The molecule has 2 aromatic rings. The zero-order valence-corrected chi connectivity index (χ0v) is 11.2. The van der Waals surface area contributed by atoms with E-state index in [1.807, 2.05) is 30.3 Å². The second-order valence-corrected chi connectivity index (χ2v) is 4.36. The van der Waals surface area contributed by atoms with Crippen molar-refractivity contribution in [3.8, 4) is 11.8 Å². The maximum Gasteiger partial charge on any atom is 0.352 e. The predicted molar refractivity (Wildman–Crippen MR) is 73.4 cm³/mol. The number of nitrogens with zero attached hydrogens (tertiary/aromatic N) is 1. The van der Waals surface area contributed by atoms with Gasteiger partial charge < -0.3 is 25.5 Å². The van der Waals surface area contributed by atoms with Crippen molar-refractivity contribution in [2.75, 3.05) is 6.61 Å². The van der Waals surface area contributed by atoms with Crippen LogP contribution < -0.4 is 10.6 Å². The van der Waals surface area contributed by atoms with Crippen LogP contribution in [0, 0.1) is 0 Å². The third-order valence-electron chi connectivity index (χ3n) is 2.69. The number of hydrogen-bond acceptors (Lipinski definition) is 6. The number of rotatable bonds is 6. The van der Waals surface area contributed by atoms with E-state index in [0.29, 0.717) is 11.3 Å². The molecule has 0 aliphatic heterocycles. The molecule has 1 aromatic carbocycles. The second kappa shape index (κ2) is 6.78. The third-order valence-corrected chi connectivity index (χ3v) is 2.69. The number of benzene rings is 1. The molecule has 21 heavy (non-hydrogen) atoms. The number of carbonyl (C=O) groups excluding carboxylic acids is 1. The van der Waals surface area contributed by atoms with Crippen LogP contribution in [0.3, 0.4) is 0 Å². The molecule has 112 valence electrons. The standard InChI is InChI=1S/C14H16N2O5/c15-11(9-20-8-10-4-2-1-3-5-10)14(19)21-16-12(17)6-7-13(16)18/h1-7,11,17-18H,8-9,15H2. The molecule has 4 N–H and O–H groups in total. The summed E-state index contributed by atoms with van der Waals surface area (Å²) in [5, 5.41) is 18.7. The zero-order chi connectivity index (χ0) is 15.2. The summed E-state index contributed by atoms with van der Waals surface area (Å²) >= 11 is 0. The van der Waals surface area contributed by atoms with E-state index in [1.54, 1.807) is 0 Å². The van der Waals surface area contributed by atoms with Gasteiger partial charge in [0.05, 0.1) is 13.2 Å². The number of carbonyl (C=O) groups is 1. The monoisotopic (exact) mass is 292 g/mol. The van der Waals surface area contributed by atoms with Crippen molar-refractivity contribution in [3.63, 3.8) is 0 Å². The molecule has 0 saturated carbocycles. The van der Waals surface area contributed by atoms with Crippen molar-refractivity contribution >= 4 is 5.97 Å². The van der Waals surface area contributed by atoms with E-state index < -0.39 is 23.8 Å². The van der Waals surface area contributed by atoms with Gasteiger partial charge in [-0.05, 0) is 5.56 Å². The minimum Gasteiger partial charge on any atom is -0.492 e. The first-order valence-electron chi connectivity index (χ1n) is 6.27. The number of hydrogen-bond donors (Lipinski definition) is 3. The largest absolute Gasteiger partial charge is 0.492 e. The Hall–Kier alpha value is -2.51. The maximum atomic E-state index is 11.7. The van der Waals surface area contributed by atoms with Gasteiger partial charge in [0.1, 0.15) is 6.04 Å². The van der Waals surface area contributed by atoms with E-state index in [4.69, 9.17) is 15.3 Å². The van der Waals surface area contributed by atoms with Crippen LogP contribution in [0.2, 0.25) is 0 Å². The normalized spacial score (nSPS) is 12.0. The van der Waals surface area contributed by atoms with Crippen LogP contribution in [0.25, 0.3) is 0 Å². The summed E-state index contributed by atoms with van der Waals surface area (Å²) in [7, 11) is 0. The second-order valence-electron chi connectivity index (χ2n) is 4.36. The lowest BCUT2D eigenvalue weighted by atomic mass is 10.2. The van der Waals surface area contributed by atoms with Gasteiger partial charge in [0, 0.05) is 12.1 Å². The summed E-state index contributed by atoms with van der Waals surface area (Å²) in [6.07, 6.45) is 0. The average molecular weight is 292 g/mol. The lowest BCUT2D eigenvalue weighted by Crippen LogP contribution is -2.40. The summed E-state index contributed by atoms with van der Waals surface area (Å²) in [5.41, 5.74) is 6.58. The topological polar surface area (TPSA) is 107 Å². The smallest absolute Gasteiger partial charge is 0.352 e. The fourth-order valence-corrected chi connectivity index (χ4v) is 1.60. The van der Waals surface area contributed by atoms with Crippen LogP contribution in [-0.2, 0) is 16.1 Å². The third kappa shape index (κ3) is 3.98. The van der Waals surface area contributed by atoms with Crippen molar-refractivity contribution in [1.29, 1.82) is 0 Å². The Labute approximate surface area is 121 Å². The Morgan fingerprint density at radius 2 is 1.76 bits per heavy atom. The van der Waals surface area contributed by atoms with E-state index in [2.05, 4.69) is 0 Å². The first kappa shape index (κ1) is 14.9. The number of aromatic nitrogens is 1. The van der Waals surface area contributed by atoms with Gasteiger partial charge in [-0.25, -0.2) is 4.79 Å². The Kier molecular flexibility index (Phi) is 4.81. The van der Waals surface area contributed by atoms with E-state index in [0.717, 1.165) is 5.56 Å². The van der Waals surface area contributed by atoms with Crippen LogP contribution in [0.4, 0.5) is 0 Å². The Balaban J connectivity index is 1.80. The minimum atomic E-state index is -1.03. The summed E-state index contributed by atoms with van der Waals surface area (Å²) in [5.74, 6) is -1.64. The molecular formula is C14H16N2O5. The van der Waals surface area contributed by atoms with Gasteiger partial charge in [-0.1, -0.05) is 30.3 Å². The molecular weight excluding hydrogens is 276 g/mol. The molecule has 0 aliphatic rings. The first-order chi connectivity index (χ1) is 10.1. The van der Waals surface area contributed by atoms with Gasteiger partial charge in [0.15, 0.2) is 0 Å². The molecule has 0 bridgehead atoms. The van der Waals surface area contributed by atoms with Crippen molar-refractivity contribution in [2.24, 2.45) is 5.73 Å². The molecule has 0 radical (unpaired) electrons. The van der Waals surface area contributed by atoms with E-state index in [1.165, 1.54) is 12.1 Å². The summed E-state index contributed by atoms with van der Waals surface area (Å²) in [6.45, 7) is 0.276. The molecule has 1 heterocycles. The van der Waals surface area contributed by atoms with Crippen molar-refractivity contribution in [3.05, 3.63) is 48.0 Å². The predicted octanol–water partition coefficient (Wildman–Crippen LogP) is 0.399. The van der Waals surface area contributed by atoms with Gasteiger partial charge in [0.25, 0.3) is 0 Å². The van der Waals surface area contributed by atoms with E-state index in [-0.39, 0.29) is 6.61 Å². The highest BCUT2D eigenvalue weighted by Crippen LogP contribution is 2.18. The molecule has 7 nitrogen and oxygen atoms in total. The van der Waals surface area contributed by atoms with Gasteiger partial charge in [0.2, 0.25) is 11.8 Å². The SMILES string of the molecule is NC(COCc1ccccc1)C(=O)On1c(O)ccc1O. The van der Waals surface area contributed by atoms with Gasteiger partial charge in [-0.15, -0.1) is 4.73 Å². The molecule has 1 unspecified atom stereocenters. The van der Waals surface area contributed by atoms with Crippen LogP contribution >= 0.6 is 0 Å². The molecule has 2 rings (SSSR count). The molecule has 0 saturated heterocycles. The first-order valence-corrected chi connectivity index (χ1v) is 6.27. The fraction of sp³-hybridized carbons (Fsp3) is 0.214. The Morgan fingerprint density at radius 3 is 2.38 bits per heavy atom. The van der Waals surface area contributed by atoms with Gasteiger partial charge in [-0.3, -0.25) is 0 Å². The van der Waals surface area contributed by atoms with Crippen LogP contribution in [0.1, 0.15) is 5.56 Å². The molecule has 0 fully saturated rings. The minimum absolute atomic E-state index is 0.0451. The number of aromatic hydroxyl groups is 2. The molecule has 1 aromatic heterocycles. The Morgan fingerprint density at radius 1 is 1.14 bits per heavy atom. The lowest BCUT2D eigenvalue weighted by molar-refractivity contribution is -0.148. The highest BCUT2D eigenvalue weighted by Gasteiger charge is 2.19. The molecule has 7 heteroatoms. The lowest BCUT2D eigenvalue weighted by Gasteiger charge is -2.12. The number of ether oxygens (including phenoxy) is 1. The number of nitrogens with two attached hydrogens (primary N) is 1. The molecule has 1 atom stereocenters. The summed E-state index contributed by atoms with van der Waals surface area (Å²) in [6, 6.07) is 10.8. The Bertz CT molecular complexity index is 577. The zero-order valence-electron chi connectivity index (χ0n) is 11.2. The van der Waals surface area contributed by atoms with Crippen LogP contribution in [-0.4, -0.2) is 33.6 Å². The average Bonchev–Trinajstić information content (AvgIpc) is 2.80. The van der Waals surface area contributed by atoms with Crippen molar-refractivity contribution in [1.82, 2.24) is 4.73 Å². The quantitative estimate of drug-likeness (QED) is 0.711. The fourth-order valence-electron chi connectivity index (χ4n) is 1.60. The molecule has 0 aliphatic carbocycles. The van der Waals surface area contributed by atoms with Crippen LogP contribution in [0.15, 0.2) is 42.5 Å². The van der Waals surface area contributed by atoms with Gasteiger partial charge in [-0.2, -0.15) is 0 Å². The van der Waals surface area contributed by atoms with Crippen molar-refractivity contribution in [2.45, 2.75) is 12.6 Å².